The molecule has 3 aromatic rings. The van der Waals surface area contributed by atoms with E-state index in [9.17, 15) is 4.79 Å². The van der Waals surface area contributed by atoms with Crippen molar-refractivity contribution >= 4 is 45.1 Å². The van der Waals surface area contributed by atoms with Crippen LogP contribution in [-0.4, -0.2) is 78.9 Å². The molecule has 334 valence electrons. The maximum atomic E-state index is 10.9. The van der Waals surface area contributed by atoms with Gasteiger partial charge in [-0.25, -0.2) is 4.79 Å². The zero-order chi connectivity index (χ0) is 41.4. The molecule has 4 aliphatic heterocycles. The van der Waals surface area contributed by atoms with Crippen LogP contribution < -0.4 is 29.6 Å². The maximum absolute atomic E-state index is 10.9. The number of rotatable bonds is 9. The third-order valence-corrected chi connectivity index (χ3v) is 13.8. The first kappa shape index (κ1) is 52.4. The number of fused-ring (bicyclic) bond motifs is 2. The van der Waals surface area contributed by atoms with Crippen molar-refractivity contribution in [2.75, 3.05) is 52.9 Å². The summed E-state index contributed by atoms with van der Waals surface area (Å²) in [6.07, 6.45) is 22.9. The second kappa shape index (κ2) is 28.0. The maximum Gasteiger partial charge on any atom is 1.00 e. The Kier molecular flexibility index (Phi) is 24.1. The molecule has 0 unspecified atom stereocenters. The summed E-state index contributed by atoms with van der Waals surface area (Å²) in [5.41, 5.74) is 7.56. The number of alkyl halides is 1. The minimum atomic E-state index is -0.886. The normalized spacial score (nSPS) is 21.7. The third-order valence-electron chi connectivity index (χ3n) is 12.9. The first-order chi connectivity index (χ1) is 28.8. The van der Waals surface area contributed by atoms with E-state index in [1.165, 1.54) is 81.7 Å². The second-order valence-electron chi connectivity index (χ2n) is 17.2. The van der Waals surface area contributed by atoms with Crippen molar-refractivity contribution in [3.8, 4) is 0 Å². The largest absolute Gasteiger partial charge is 1.00 e. The predicted octanol–water partition coefficient (Wildman–Crippen LogP) is 9.26. The molecule has 0 aromatic carbocycles. The summed E-state index contributed by atoms with van der Waals surface area (Å²) < 4.78 is 22.2. The minimum Gasteiger partial charge on any atom is -1.00 e. The quantitative estimate of drug-likeness (QED) is 0.166. The van der Waals surface area contributed by atoms with Gasteiger partial charge in [-0.2, -0.15) is 0 Å². The molecule has 3 aromatic heterocycles. The third kappa shape index (κ3) is 16.6. The van der Waals surface area contributed by atoms with Crippen LogP contribution in [0.1, 0.15) is 161 Å². The number of aromatic nitrogens is 3. The number of ether oxygens (including phenoxy) is 4. The van der Waals surface area contributed by atoms with Gasteiger partial charge in [-0.05, 0) is 171 Å². The molecular weight excluding hydrogens is 888 g/mol. The zero-order valence-corrected chi connectivity index (χ0v) is 41.0. The van der Waals surface area contributed by atoms with Crippen LogP contribution in [0.25, 0.3) is 0 Å². The summed E-state index contributed by atoms with van der Waals surface area (Å²) in [6.45, 7) is 9.73. The van der Waals surface area contributed by atoms with Gasteiger partial charge in [0.1, 0.15) is 0 Å². The Balaban J connectivity index is 0.000000229. The molecule has 4 fully saturated rings. The molecule has 0 radical (unpaired) electrons. The molecular formula is C48H69BrCl2N3NaO6. The van der Waals surface area contributed by atoms with Gasteiger partial charge in [-0.15, -0.1) is 11.6 Å². The summed E-state index contributed by atoms with van der Waals surface area (Å²) in [5, 5.41) is 9.76. The fourth-order valence-electron chi connectivity index (χ4n) is 9.57. The molecule has 2 aliphatic carbocycles. The number of nitrogens with zero attached hydrogens (tertiary/aromatic N) is 3. The number of hydrogen-bond acceptors (Lipinski definition) is 8. The van der Waals surface area contributed by atoms with Crippen LogP contribution in [0.4, 0.5) is 0 Å². The van der Waals surface area contributed by atoms with Gasteiger partial charge in [0.2, 0.25) is 0 Å². The molecule has 13 heteroatoms. The van der Waals surface area contributed by atoms with Gasteiger partial charge >= 0.3 is 35.5 Å². The van der Waals surface area contributed by atoms with Crippen LogP contribution in [0, 0.1) is 17.8 Å². The Morgan fingerprint density at radius 1 is 0.738 bits per heavy atom. The molecule has 9 nitrogen and oxygen atoms in total. The van der Waals surface area contributed by atoms with Crippen molar-refractivity contribution in [1.82, 2.24) is 15.0 Å². The van der Waals surface area contributed by atoms with Crippen molar-refractivity contribution in [1.29, 1.82) is 0 Å². The Hall–Kier alpha value is -1.18. The van der Waals surface area contributed by atoms with Crippen LogP contribution in [0.2, 0.25) is 5.02 Å². The second-order valence-corrected chi connectivity index (χ2v) is 18.8. The smallest absolute Gasteiger partial charge is 1.00 e. The van der Waals surface area contributed by atoms with E-state index in [1.807, 2.05) is 6.20 Å². The zero-order valence-electron chi connectivity index (χ0n) is 36.9. The van der Waals surface area contributed by atoms with E-state index < -0.39 is 5.97 Å². The number of halogens is 3. The minimum absolute atomic E-state index is 0. The summed E-state index contributed by atoms with van der Waals surface area (Å²) in [7, 11) is 0. The monoisotopic (exact) mass is 955 g/mol. The number of pyridine rings is 3. The Bertz CT molecular complexity index is 1750. The number of carboxylic acid groups (broad SMARTS) is 1. The van der Waals surface area contributed by atoms with E-state index in [0.29, 0.717) is 29.2 Å². The summed E-state index contributed by atoms with van der Waals surface area (Å²) in [4.78, 5) is 24.5. The first-order valence-electron chi connectivity index (χ1n) is 22.1. The Labute approximate surface area is 407 Å². The average Bonchev–Trinajstić information content (AvgIpc) is 4.06. The van der Waals surface area contributed by atoms with Crippen molar-refractivity contribution < 1.29 is 59.8 Å². The van der Waals surface area contributed by atoms with Gasteiger partial charge in [-0.3, -0.25) is 15.0 Å². The van der Waals surface area contributed by atoms with Crippen LogP contribution >= 0.6 is 39.1 Å². The van der Waals surface area contributed by atoms with E-state index in [2.05, 4.69) is 49.9 Å². The fraction of sp³-hybridized carbons (Fsp3) is 0.667. The molecule has 0 bridgehead atoms. The number of aryl methyl sites for hydroxylation is 2. The predicted molar refractivity (Wildman–Crippen MR) is 245 cm³/mol. The Morgan fingerprint density at radius 2 is 1.23 bits per heavy atom. The number of carboxylic acids is 1. The van der Waals surface area contributed by atoms with E-state index >= 15 is 0 Å². The average molecular weight is 958 g/mol. The standard InChI is InChI=1S/C15H19NO3.C14H19BrClNO.C14H18ClNO.C4H8O.CH4.Na.H/c17-15(18)13-8-12-2-1-11(14(12)16-9-13)7-10-3-5-19-6-4-10;1-10(6-11-2-4-18-5-3-11)14-12(8-16)7-13(15)9-17-14;15-13-8-12-2-1-11(14(12)16-9-13)7-10-3-5-17-6-4-10;1-2-4-5-3-1;;;/h8-11H,1-7H2,(H,17,18);7,9-11H,2-6,8H2,1H3;8-11H,1-7H2;1-4H2;1H4;;/q;;;;;+1;-1/t11-;10-;11-;;;;/m000..../s1. The Morgan fingerprint density at radius 3 is 1.72 bits per heavy atom. The van der Waals surface area contributed by atoms with E-state index in [0.717, 1.165) is 135 Å². The van der Waals surface area contributed by atoms with Gasteiger partial charge in [-0.1, -0.05) is 26.0 Å². The molecule has 61 heavy (non-hydrogen) atoms. The van der Waals surface area contributed by atoms with Gasteiger partial charge in [0.25, 0.3) is 0 Å². The van der Waals surface area contributed by atoms with E-state index in [1.54, 1.807) is 12.3 Å². The molecule has 0 amide bonds. The molecule has 9 rings (SSSR count). The summed E-state index contributed by atoms with van der Waals surface area (Å²) in [6, 6.07) is 5.97. The number of aromatic carboxylic acids is 1. The number of hydrogen-bond donors (Lipinski definition) is 1. The molecule has 0 saturated carbocycles. The molecule has 1 N–H and O–H groups in total. The summed E-state index contributed by atoms with van der Waals surface area (Å²) >= 11 is 15.4. The van der Waals surface area contributed by atoms with Crippen LogP contribution in [0.15, 0.2) is 41.3 Å². The summed E-state index contributed by atoms with van der Waals surface area (Å²) in [5.74, 6) is 3.62. The molecule has 4 saturated heterocycles. The molecule has 7 heterocycles. The van der Waals surface area contributed by atoms with Crippen molar-refractivity contribution in [3.05, 3.63) is 85.6 Å². The van der Waals surface area contributed by atoms with E-state index in [-0.39, 0.29) is 38.4 Å². The van der Waals surface area contributed by atoms with Gasteiger partial charge in [0.15, 0.2) is 0 Å². The van der Waals surface area contributed by atoms with Crippen LogP contribution in [-0.2, 0) is 37.7 Å². The van der Waals surface area contributed by atoms with E-state index in [4.69, 9.17) is 47.3 Å². The van der Waals surface area contributed by atoms with Crippen molar-refractivity contribution in [2.45, 2.75) is 134 Å². The molecule has 3 atom stereocenters. The van der Waals surface area contributed by atoms with Crippen LogP contribution in [0.5, 0.6) is 0 Å². The van der Waals surface area contributed by atoms with Crippen LogP contribution in [0.3, 0.4) is 0 Å². The fourth-order valence-corrected chi connectivity index (χ4v) is 10.3. The van der Waals surface area contributed by atoms with Gasteiger partial charge in [0.05, 0.1) is 10.6 Å². The molecule has 6 aliphatic rings. The van der Waals surface area contributed by atoms with Crippen molar-refractivity contribution in [2.24, 2.45) is 17.8 Å². The van der Waals surface area contributed by atoms with Gasteiger partial charge < -0.3 is 25.5 Å². The number of carbonyl (C=O) groups is 1. The van der Waals surface area contributed by atoms with Gasteiger partial charge in [0, 0.05) is 111 Å². The topological polar surface area (TPSA) is 113 Å². The molecule has 0 spiro atoms. The SMILES string of the molecule is C.C1CCOC1.C[C@@H](CC1CCOCC1)c1ncc(Br)cc1CCl.Clc1cnc2c(c1)CC[C@H]2CC1CCOCC1.O=C(O)c1cnc2c(c1)CC[C@H]2CC1CCOCC1.[H-].[Na+]. The van der Waals surface area contributed by atoms with Crippen molar-refractivity contribution in [3.63, 3.8) is 0 Å². The first-order valence-corrected chi connectivity index (χ1v) is 23.9.